The maximum Gasteiger partial charge on any atom is 0.271 e. The molecule has 1 amide bonds. The van der Waals surface area contributed by atoms with E-state index in [9.17, 15) is 9.90 Å². The van der Waals surface area contributed by atoms with Crippen molar-refractivity contribution in [2.75, 3.05) is 26.2 Å². The van der Waals surface area contributed by atoms with E-state index in [0.29, 0.717) is 23.1 Å². The number of piperidine rings is 1. The molecule has 8 heteroatoms. The van der Waals surface area contributed by atoms with Gasteiger partial charge in [-0.2, -0.15) is 10.1 Å². The van der Waals surface area contributed by atoms with Crippen LogP contribution in [-0.4, -0.2) is 62.3 Å². The summed E-state index contributed by atoms with van der Waals surface area (Å²) in [5.41, 5.74) is 5.01. The molecular formula is C27H34ClN5O2. The number of rotatable bonds is 7. The maximum absolute atomic E-state index is 13.5. The monoisotopic (exact) mass is 495 g/mol. The molecule has 0 radical (unpaired) electrons. The van der Waals surface area contributed by atoms with Gasteiger partial charge >= 0.3 is 0 Å². The van der Waals surface area contributed by atoms with Crippen molar-refractivity contribution < 1.29 is 9.90 Å². The van der Waals surface area contributed by atoms with Crippen LogP contribution >= 0.6 is 11.6 Å². The van der Waals surface area contributed by atoms with Gasteiger partial charge in [0.25, 0.3) is 5.91 Å². The third kappa shape index (κ3) is 5.92. The highest BCUT2D eigenvalue weighted by Gasteiger charge is 2.26. The largest absolute Gasteiger partial charge is 0.395 e. The van der Waals surface area contributed by atoms with Crippen molar-refractivity contribution >= 4 is 34.4 Å². The molecule has 0 atom stereocenters. The van der Waals surface area contributed by atoms with E-state index in [-0.39, 0.29) is 12.5 Å². The van der Waals surface area contributed by atoms with Crippen LogP contribution in [0, 0.1) is 12.8 Å². The molecule has 4 heterocycles. The zero-order valence-corrected chi connectivity index (χ0v) is 21.5. The number of unbranched alkanes of at least 4 members (excludes halogenated alkanes) is 1. The van der Waals surface area contributed by atoms with Crippen LogP contribution in [0.25, 0.3) is 11.2 Å². The number of aliphatic hydroxyl groups is 1. The first-order valence-electron chi connectivity index (χ1n) is 12.4. The van der Waals surface area contributed by atoms with Gasteiger partial charge in [-0.15, -0.1) is 0 Å². The maximum atomic E-state index is 13.5. The molecule has 2 aromatic rings. The Balaban J connectivity index is 1.58. The minimum Gasteiger partial charge on any atom is -0.395 e. The predicted molar refractivity (Wildman–Crippen MR) is 141 cm³/mol. The molecule has 0 spiro atoms. The minimum absolute atomic E-state index is 0.178. The highest BCUT2D eigenvalue weighted by atomic mass is 35.5. The second-order valence-corrected chi connectivity index (χ2v) is 9.69. The minimum atomic E-state index is -0.178. The van der Waals surface area contributed by atoms with Gasteiger partial charge in [-0.3, -0.25) is 4.79 Å². The van der Waals surface area contributed by atoms with E-state index < -0.39 is 0 Å². The Kier molecular flexibility index (Phi) is 8.21. The van der Waals surface area contributed by atoms with E-state index in [1.165, 1.54) is 5.01 Å². The SMILES string of the molecule is CCC/C=C1\C=CC(C2CCN(CCO)CC2)=NN1C(=O)/C=C(\C)c1cc(Cl)c2nc(C)cn2c1. The van der Waals surface area contributed by atoms with Crippen LogP contribution in [-0.2, 0) is 4.79 Å². The molecule has 1 fully saturated rings. The first-order chi connectivity index (χ1) is 16.9. The molecule has 2 aliphatic heterocycles. The average Bonchev–Trinajstić information content (AvgIpc) is 3.24. The number of nitrogens with zero attached hydrogens (tertiary/aromatic N) is 5. The van der Waals surface area contributed by atoms with Gasteiger partial charge in [0.05, 0.1) is 28.7 Å². The van der Waals surface area contributed by atoms with Crippen LogP contribution in [0.15, 0.2) is 53.6 Å². The van der Waals surface area contributed by atoms with Crippen molar-refractivity contribution in [1.29, 1.82) is 0 Å². The fourth-order valence-electron chi connectivity index (χ4n) is 4.61. The summed E-state index contributed by atoms with van der Waals surface area (Å²) in [7, 11) is 0. The highest BCUT2D eigenvalue weighted by Crippen LogP contribution is 2.27. The fourth-order valence-corrected chi connectivity index (χ4v) is 4.86. The summed E-state index contributed by atoms with van der Waals surface area (Å²) in [6.45, 7) is 8.71. The summed E-state index contributed by atoms with van der Waals surface area (Å²) >= 11 is 6.46. The molecule has 0 aromatic carbocycles. The van der Waals surface area contributed by atoms with Crippen molar-refractivity contribution in [3.63, 3.8) is 0 Å². The number of β-amino-alcohol motifs (C(OH)–C–C–N with tert-alkyl or cyclic N) is 1. The number of pyridine rings is 1. The predicted octanol–water partition coefficient (Wildman–Crippen LogP) is 4.84. The molecule has 35 heavy (non-hydrogen) atoms. The Morgan fingerprint density at radius 2 is 2.03 bits per heavy atom. The Labute approximate surface area is 212 Å². The van der Waals surface area contributed by atoms with Crippen molar-refractivity contribution in [3.05, 3.63) is 64.7 Å². The Bertz CT molecular complexity index is 1200. The van der Waals surface area contributed by atoms with Crippen molar-refractivity contribution in [1.82, 2.24) is 19.3 Å². The molecule has 1 saturated heterocycles. The standard InChI is InChI=1S/C27H34ClN5O2/c1-4-5-6-23-7-8-25(21-9-11-31(12-10-21)13-14-34)30-33(23)26(35)15-19(2)22-16-24(28)27-29-20(3)17-32(27)18-22/h6-8,15-18,21,34H,4-5,9-14H2,1-3H3/b19-15+,23-6+. The molecule has 0 saturated carbocycles. The molecule has 0 aliphatic carbocycles. The third-order valence-electron chi connectivity index (χ3n) is 6.58. The Hall–Kier alpha value is -2.74. The topological polar surface area (TPSA) is 73.4 Å². The molecule has 4 rings (SSSR count). The molecule has 2 aliphatic rings. The number of carbonyl (C=O) groups is 1. The number of aryl methyl sites for hydroxylation is 1. The lowest BCUT2D eigenvalue weighted by molar-refractivity contribution is -0.124. The average molecular weight is 496 g/mol. The third-order valence-corrected chi connectivity index (χ3v) is 6.86. The molecule has 7 nitrogen and oxygen atoms in total. The van der Waals surface area contributed by atoms with Crippen LogP contribution in [0.1, 0.15) is 50.8 Å². The van der Waals surface area contributed by atoms with Gasteiger partial charge in [-0.05, 0) is 75.6 Å². The van der Waals surface area contributed by atoms with Gasteiger partial charge in [0, 0.05) is 30.9 Å². The van der Waals surface area contributed by atoms with Gasteiger partial charge < -0.3 is 14.4 Å². The number of fused-ring (bicyclic) bond motifs is 1. The number of aromatic nitrogens is 2. The number of halogens is 1. The molecule has 1 N–H and O–H groups in total. The first-order valence-corrected chi connectivity index (χ1v) is 12.7. The lowest BCUT2D eigenvalue weighted by Gasteiger charge is -2.33. The molecule has 186 valence electrons. The fraction of sp³-hybridized carbons (Fsp3) is 0.444. The zero-order valence-electron chi connectivity index (χ0n) is 20.7. The molecular weight excluding hydrogens is 462 g/mol. The van der Waals surface area contributed by atoms with Crippen molar-refractivity contribution in [2.45, 2.75) is 46.5 Å². The van der Waals surface area contributed by atoms with Crippen LogP contribution in [0.4, 0.5) is 0 Å². The van der Waals surface area contributed by atoms with E-state index in [0.717, 1.165) is 67.0 Å². The van der Waals surface area contributed by atoms with Crippen LogP contribution in [0.3, 0.4) is 0 Å². The van der Waals surface area contributed by atoms with Crippen LogP contribution in [0.5, 0.6) is 0 Å². The first kappa shape index (κ1) is 25.4. The number of hydrogen-bond acceptors (Lipinski definition) is 5. The number of hydrogen-bond donors (Lipinski definition) is 1. The van der Waals surface area contributed by atoms with E-state index in [4.69, 9.17) is 16.7 Å². The van der Waals surface area contributed by atoms with Gasteiger partial charge in [0.2, 0.25) is 0 Å². The summed E-state index contributed by atoms with van der Waals surface area (Å²) in [6.07, 6.45) is 15.4. The number of likely N-dealkylation sites (tertiary alicyclic amines) is 1. The van der Waals surface area contributed by atoms with Gasteiger partial charge in [-0.1, -0.05) is 31.0 Å². The summed E-state index contributed by atoms with van der Waals surface area (Å²) in [6, 6.07) is 1.85. The lowest BCUT2D eigenvalue weighted by Crippen LogP contribution is -2.39. The van der Waals surface area contributed by atoms with Crippen LogP contribution < -0.4 is 0 Å². The van der Waals surface area contributed by atoms with E-state index in [2.05, 4.69) is 29.0 Å². The molecule has 0 unspecified atom stereocenters. The number of allylic oxidation sites excluding steroid dienone is 4. The smallest absolute Gasteiger partial charge is 0.271 e. The molecule has 0 bridgehead atoms. The van der Waals surface area contributed by atoms with Crippen molar-refractivity contribution in [2.24, 2.45) is 11.0 Å². The van der Waals surface area contributed by atoms with E-state index >= 15 is 0 Å². The quantitative estimate of drug-likeness (QED) is 0.558. The van der Waals surface area contributed by atoms with Gasteiger partial charge in [0.15, 0.2) is 5.65 Å². The summed E-state index contributed by atoms with van der Waals surface area (Å²) in [5.74, 6) is 0.127. The lowest BCUT2D eigenvalue weighted by atomic mass is 9.91. The molecule has 2 aromatic heterocycles. The van der Waals surface area contributed by atoms with Crippen LogP contribution in [0.2, 0.25) is 5.02 Å². The summed E-state index contributed by atoms with van der Waals surface area (Å²) < 4.78 is 1.89. The number of imidazole rings is 1. The van der Waals surface area contributed by atoms with E-state index in [1.54, 1.807) is 6.08 Å². The highest BCUT2D eigenvalue weighted by molar-refractivity contribution is 6.33. The van der Waals surface area contributed by atoms with Gasteiger partial charge in [0.1, 0.15) is 0 Å². The van der Waals surface area contributed by atoms with Crippen molar-refractivity contribution in [3.8, 4) is 0 Å². The Morgan fingerprint density at radius 3 is 2.74 bits per heavy atom. The van der Waals surface area contributed by atoms with E-state index in [1.807, 2.05) is 42.8 Å². The summed E-state index contributed by atoms with van der Waals surface area (Å²) in [5, 5.41) is 16.1. The second kappa shape index (κ2) is 11.3. The zero-order chi connectivity index (χ0) is 24.9. The number of aliphatic hydroxyl groups excluding tert-OH is 1. The van der Waals surface area contributed by atoms with Gasteiger partial charge in [-0.25, -0.2) is 4.98 Å². The number of amides is 1. The second-order valence-electron chi connectivity index (χ2n) is 9.28. The Morgan fingerprint density at radius 1 is 1.26 bits per heavy atom. The number of hydrazone groups is 1. The normalized spacial score (nSPS) is 19.1. The summed E-state index contributed by atoms with van der Waals surface area (Å²) in [4.78, 5) is 20.2. The number of carbonyl (C=O) groups excluding carboxylic acids is 1.